The summed E-state index contributed by atoms with van der Waals surface area (Å²) in [6.07, 6.45) is 0. The SMILES string of the molecule is O=C(c1ccccc1)[C@@H]1[C@H](c2ccccc2)C2(C(=O)c3ccccc3C2=O)[C@H]2Sc3ccccc3N12. The van der Waals surface area contributed by atoms with Crippen molar-refractivity contribution in [2.75, 3.05) is 4.90 Å². The van der Waals surface area contributed by atoms with E-state index in [2.05, 4.69) is 4.90 Å². The third-order valence-corrected chi connectivity index (χ3v) is 9.20. The second kappa shape index (κ2) is 7.77. The van der Waals surface area contributed by atoms with Crippen LogP contribution in [0.5, 0.6) is 0 Å². The van der Waals surface area contributed by atoms with Gasteiger partial charge < -0.3 is 4.90 Å². The number of para-hydroxylation sites is 1. The van der Waals surface area contributed by atoms with Crippen LogP contribution in [0.1, 0.15) is 42.6 Å². The number of thioether (sulfide) groups is 1. The van der Waals surface area contributed by atoms with Gasteiger partial charge in [-0.2, -0.15) is 0 Å². The number of ketones is 3. The highest BCUT2D eigenvalue weighted by Gasteiger charge is 2.73. The highest BCUT2D eigenvalue weighted by Crippen LogP contribution is 2.66. The lowest BCUT2D eigenvalue weighted by Gasteiger charge is -2.32. The minimum Gasteiger partial charge on any atom is -0.346 e. The molecule has 0 radical (unpaired) electrons. The van der Waals surface area contributed by atoms with Crippen LogP contribution in [0.2, 0.25) is 0 Å². The molecular formula is C31H21NO3S. The third-order valence-electron chi connectivity index (χ3n) is 7.78. The fourth-order valence-corrected chi connectivity index (χ4v) is 7.93. The molecule has 0 saturated carbocycles. The van der Waals surface area contributed by atoms with Crippen molar-refractivity contribution >= 4 is 34.8 Å². The quantitative estimate of drug-likeness (QED) is 0.261. The summed E-state index contributed by atoms with van der Waals surface area (Å²) in [5.74, 6) is -1.09. The zero-order chi connectivity index (χ0) is 24.4. The number of fused-ring (bicyclic) bond motifs is 5. The summed E-state index contributed by atoms with van der Waals surface area (Å²) in [6.45, 7) is 0. The van der Waals surface area contributed by atoms with Crippen molar-refractivity contribution in [3.05, 3.63) is 131 Å². The largest absolute Gasteiger partial charge is 0.346 e. The monoisotopic (exact) mass is 487 g/mol. The number of rotatable bonds is 3. The lowest BCUT2D eigenvalue weighted by atomic mass is 9.67. The molecule has 1 aliphatic carbocycles. The first kappa shape index (κ1) is 21.3. The van der Waals surface area contributed by atoms with Crippen molar-refractivity contribution < 1.29 is 14.4 Å². The normalized spacial score (nSPS) is 23.0. The van der Waals surface area contributed by atoms with Crippen molar-refractivity contribution in [2.45, 2.75) is 22.2 Å². The Morgan fingerprint density at radius 1 is 0.694 bits per heavy atom. The standard InChI is InChI=1S/C31H21NO3S/c33-27(20-13-5-2-6-14-20)26-25(19-11-3-1-4-12-19)31(28(34)21-15-7-8-16-22(21)29(31)35)30-32(26)23-17-9-10-18-24(23)36-30/h1-18,25-26,30H/t25-,26-,30+/m0/s1. The van der Waals surface area contributed by atoms with Gasteiger partial charge in [0.15, 0.2) is 17.3 Å². The first-order chi connectivity index (χ1) is 17.6. The smallest absolute Gasteiger partial charge is 0.185 e. The van der Waals surface area contributed by atoms with Gasteiger partial charge in [0.05, 0.1) is 5.69 Å². The van der Waals surface area contributed by atoms with Gasteiger partial charge in [0.1, 0.15) is 16.8 Å². The molecule has 4 aromatic rings. The van der Waals surface area contributed by atoms with Crippen LogP contribution >= 0.6 is 11.8 Å². The van der Waals surface area contributed by atoms with E-state index < -0.39 is 22.7 Å². The molecule has 174 valence electrons. The molecule has 7 rings (SSSR count). The van der Waals surface area contributed by atoms with Gasteiger partial charge in [0.25, 0.3) is 0 Å². The van der Waals surface area contributed by atoms with Gasteiger partial charge in [-0.15, -0.1) is 0 Å². The van der Waals surface area contributed by atoms with Crippen LogP contribution in [0.4, 0.5) is 5.69 Å². The molecule has 1 fully saturated rings. The Hall–Kier alpha value is -3.96. The minimum atomic E-state index is -1.41. The van der Waals surface area contributed by atoms with Crippen LogP contribution in [0.25, 0.3) is 0 Å². The molecule has 4 aromatic carbocycles. The molecule has 0 bridgehead atoms. The van der Waals surface area contributed by atoms with Crippen LogP contribution in [0, 0.1) is 5.41 Å². The van der Waals surface area contributed by atoms with Gasteiger partial charge in [0.2, 0.25) is 0 Å². The topological polar surface area (TPSA) is 54.5 Å². The molecular weight excluding hydrogens is 466 g/mol. The van der Waals surface area contributed by atoms with E-state index >= 15 is 0 Å². The van der Waals surface area contributed by atoms with Crippen molar-refractivity contribution in [2.24, 2.45) is 5.41 Å². The van der Waals surface area contributed by atoms with E-state index in [1.165, 1.54) is 11.8 Å². The summed E-state index contributed by atoms with van der Waals surface area (Å²) in [4.78, 5) is 46.3. The molecule has 1 spiro atoms. The van der Waals surface area contributed by atoms with Crippen molar-refractivity contribution in [3.8, 4) is 0 Å². The predicted octanol–water partition coefficient (Wildman–Crippen LogP) is 6.04. The number of carbonyl (C=O) groups is 3. The molecule has 2 heterocycles. The second-order valence-corrected chi connectivity index (χ2v) is 10.6. The fraction of sp³-hybridized carbons (Fsp3) is 0.129. The van der Waals surface area contributed by atoms with Gasteiger partial charge in [0, 0.05) is 27.5 Å². The zero-order valence-corrected chi connectivity index (χ0v) is 20.0. The van der Waals surface area contributed by atoms with Crippen LogP contribution in [-0.2, 0) is 0 Å². The van der Waals surface area contributed by atoms with E-state index in [9.17, 15) is 14.4 Å². The van der Waals surface area contributed by atoms with Crippen LogP contribution in [-0.4, -0.2) is 28.8 Å². The highest BCUT2D eigenvalue weighted by atomic mass is 32.2. The Morgan fingerprint density at radius 2 is 1.25 bits per heavy atom. The Bertz CT molecular complexity index is 1510. The summed E-state index contributed by atoms with van der Waals surface area (Å²) in [7, 11) is 0. The fourth-order valence-electron chi connectivity index (χ4n) is 6.34. The van der Waals surface area contributed by atoms with Gasteiger partial charge in [-0.1, -0.05) is 109 Å². The minimum absolute atomic E-state index is 0.0832. The lowest BCUT2D eigenvalue weighted by molar-refractivity contribution is 0.0680. The Labute approximate surface area is 213 Å². The molecule has 0 aromatic heterocycles. The molecule has 1 saturated heterocycles. The first-order valence-electron chi connectivity index (χ1n) is 12.0. The molecule has 2 aliphatic heterocycles. The Kier molecular flexibility index (Phi) is 4.60. The number of carbonyl (C=O) groups excluding carboxylic acids is 3. The Morgan fingerprint density at radius 3 is 1.92 bits per heavy atom. The van der Waals surface area contributed by atoms with Crippen LogP contribution < -0.4 is 4.90 Å². The third kappa shape index (κ3) is 2.64. The van der Waals surface area contributed by atoms with E-state index in [0.717, 1.165) is 16.1 Å². The second-order valence-electron chi connectivity index (χ2n) is 9.48. The van der Waals surface area contributed by atoms with Crippen molar-refractivity contribution in [1.29, 1.82) is 0 Å². The molecule has 0 amide bonds. The molecule has 3 atom stereocenters. The highest BCUT2D eigenvalue weighted by molar-refractivity contribution is 8.00. The summed E-state index contributed by atoms with van der Waals surface area (Å²) < 4.78 is 0. The lowest BCUT2D eigenvalue weighted by Crippen LogP contribution is -2.45. The average Bonchev–Trinajstić information content (AvgIpc) is 3.53. The Balaban J connectivity index is 1.54. The van der Waals surface area contributed by atoms with Gasteiger partial charge in [-0.05, 0) is 17.7 Å². The predicted molar refractivity (Wildman–Crippen MR) is 140 cm³/mol. The first-order valence-corrected chi connectivity index (χ1v) is 12.9. The summed E-state index contributed by atoms with van der Waals surface area (Å²) in [6, 6.07) is 33.1. The maximum absolute atomic E-state index is 14.4. The molecule has 5 heteroatoms. The zero-order valence-electron chi connectivity index (χ0n) is 19.2. The molecule has 36 heavy (non-hydrogen) atoms. The number of nitrogens with zero attached hydrogens (tertiary/aromatic N) is 1. The van der Waals surface area contributed by atoms with E-state index in [0.29, 0.717) is 16.7 Å². The number of anilines is 1. The van der Waals surface area contributed by atoms with Gasteiger partial charge in [-0.25, -0.2) is 0 Å². The number of hydrogen-bond donors (Lipinski definition) is 0. The van der Waals surface area contributed by atoms with Gasteiger partial charge >= 0.3 is 0 Å². The van der Waals surface area contributed by atoms with Crippen LogP contribution in [0.3, 0.4) is 0 Å². The summed E-state index contributed by atoms with van der Waals surface area (Å²) in [5.41, 5.74) is 1.79. The van der Waals surface area contributed by atoms with E-state index in [1.807, 2.05) is 84.9 Å². The van der Waals surface area contributed by atoms with E-state index in [4.69, 9.17) is 0 Å². The number of hydrogen-bond acceptors (Lipinski definition) is 5. The molecule has 0 unspecified atom stereocenters. The number of benzene rings is 4. The maximum atomic E-state index is 14.4. The average molecular weight is 488 g/mol. The van der Waals surface area contributed by atoms with Gasteiger partial charge in [-0.3, -0.25) is 14.4 Å². The summed E-state index contributed by atoms with van der Waals surface area (Å²) in [5, 5.41) is -0.523. The van der Waals surface area contributed by atoms with Crippen molar-refractivity contribution in [3.63, 3.8) is 0 Å². The van der Waals surface area contributed by atoms with Crippen molar-refractivity contribution in [1.82, 2.24) is 0 Å². The maximum Gasteiger partial charge on any atom is 0.185 e. The molecule has 0 N–H and O–H groups in total. The molecule has 3 aliphatic rings. The van der Waals surface area contributed by atoms with E-state index in [-0.39, 0.29) is 17.3 Å². The van der Waals surface area contributed by atoms with Crippen LogP contribution in [0.15, 0.2) is 114 Å². The van der Waals surface area contributed by atoms with E-state index in [1.54, 1.807) is 24.3 Å². The summed E-state index contributed by atoms with van der Waals surface area (Å²) >= 11 is 1.53. The number of Topliss-reactive ketones (excluding diaryl/α,β-unsaturated/α-hetero) is 3. The molecule has 4 nitrogen and oxygen atoms in total.